The maximum absolute atomic E-state index is 12.5. The van der Waals surface area contributed by atoms with Gasteiger partial charge in [0.2, 0.25) is 5.91 Å². The van der Waals surface area contributed by atoms with Crippen molar-refractivity contribution in [1.29, 1.82) is 0 Å². The minimum Gasteiger partial charge on any atom is -0.349 e. The zero-order valence-corrected chi connectivity index (χ0v) is 13.4. The van der Waals surface area contributed by atoms with Gasteiger partial charge in [-0.05, 0) is 31.9 Å². The molecule has 1 aromatic rings. The highest BCUT2D eigenvalue weighted by atomic mass is 35.5. The highest BCUT2D eigenvalue weighted by molar-refractivity contribution is 6.29. The van der Waals surface area contributed by atoms with Crippen LogP contribution in [0.25, 0.3) is 0 Å². The van der Waals surface area contributed by atoms with Gasteiger partial charge in [-0.2, -0.15) is 0 Å². The number of hydrogen-bond acceptors (Lipinski definition) is 3. The van der Waals surface area contributed by atoms with Gasteiger partial charge >= 0.3 is 0 Å². The van der Waals surface area contributed by atoms with Crippen LogP contribution in [0.4, 0.5) is 0 Å². The van der Waals surface area contributed by atoms with Crippen molar-refractivity contribution in [3.63, 3.8) is 0 Å². The van der Waals surface area contributed by atoms with E-state index in [0.717, 1.165) is 5.69 Å². The maximum atomic E-state index is 12.5. The number of carbonyl (C=O) groups is 2. The van der Waals surface area contributed by atoms with Crippen molar-refractivity contribution in [3.8, 4) is 0 Å². The number of rotatable bonds is 2. The number of aromatic nitrogens is 1. The van der Waals surface area contributed by atoms with E-state index in [1.54, 1.807) is 36.0 Å². The van der Waals surface area contributed by atoms with Crippen LogP contribution >= 0.6 is 11.6 Å². The first-order valence-electron chi connectivity index (χ1n) is 7.03. The second-order valence-corrected chi connectivity index (χ2v) is 6.01. The third-order valence-corrected chi connectivity index (χ3v) is 3.93. The number of amides is 2. The number of nitrogens with zero attached hydrogens (tertiary/aromatic N) is 3. The smallest absolute Gasteiger partial charge is 0.254 e. The topological polar surface area (TPSA) is 53.5 Å². The average Bonchev–Trinajstić information content (AvgIpc) is 2.44. The van der Waals surface area contributed by atoms with Gasteiger partial charge < -0.3 is 9.80 Å². The van der Waals surface area contributed by atoms with Crippen LogP contribution in [0.5, 0.6) is 0 Å². The summed E-state index contributed by atoms with van der Waals surface area (Å²) < 4.78 is 0. The molecular formula is C15H20ClN3O2. The van der Waals surface area contributed by atoms with Crippen LogP contribution in [0.1, 0.15) is 28.9 Å². The molecule has 1 aromatic heterocycles. The maximum Gasteiger partial charge on any atom is 0.254 e. The summed E-state index contributed by atoms with van der Waals surface area (Å²) in [4.78, 5) is 31.9. The lowest BCUT2D eigenvalue weighted by atomic mass is 9.95. The molecule has 0 atom stereocenters. The number of halogens is 1. The van der Waals surface area contributed by atoms with Crippen LogP contribution in [-0.2, 0) is 4.79 Å². The van der Waals surface area contributed by atoms with E-state index in [2.05, 4.69) is 4.98 Å². The van der Waals surface area contributed by atoms with E-state index in [-0.39, 0.29) is 17.7 Å². The number of carbonyl (C=O) groups excluding carboxylic acids is 2. The quantitative estimate of drug-likeness (QED) is 0.785. The molecule has 1 aliphatic heterocycles. The van der Waals surface area contributed by atoms with Gasteiger partial charge in [0.1, 0.15) is 5.15 Å². The number of hydrogen-bond donors (Lipinski definition) is 0. The first kappa shape index (κ1) is 15.8. The SMILES string of the molecule is Cc1cc(C(=O)N2CCC(C(=O)N(C)C)CC2)cc(Cl)n1. The van der Waals surface area contributed by atoms with Gasteiger partial charge in [-0.3, -0.25) is 9.59 Å². The van der Waals surface area contributed by atoms with Crippen molar-refractivity contribution in [2.45, 2.75) is 19.8 Å². The molecule has 114 valence electrons. The molecule has 1 fully saturated rings. The molecule has 21 heavy (non-hydrogen) atoms. The predicted molar refractivity (Wildman–Crippen MR) is 81.3 cm³/mol. The van der Waals surface area contributed by atoms with E-state index >= 15 is 0 Å². The number of pyridine rings is 1. The summed E-state index contributed by atoms with van der Waals surface area (Å²) in [5, 5.41) is 0.330. The fraction of sp³-hybridized carbons (Fsp3) is 0.533. The van der Waals surface area contributed by atoms with Crippen molar-refractivity contribution in [3.05, 3.63) is 28.5 Å². The van der Waals surface area contributed by atoms with Gasteiger partial charge in [-0.1, -0.05) is 11.6 Å². The Morgan fingerprint density at radius 1 is 1.29 bits per heavy atom. The lowest BCUT2D eigenvalue weighted by Gasteiger charge is -2.32. The Kier molecular flexibility index (Phi) is 4.83. The zero-order valence-electron chi connectivity index (χ0n) is 12.6. The molecule has 5 nitrogen and oxygen atoms in total. The average molecular weight is 310 g/mol. The van der Waals surface area contributed by atoms with E-state index in [4.69, 9.17) is 11.6 Å². The van der Waals surface area contributed by atoms with Gasteiger partial charge in [-0.15, -0.1) is 0 Å². The van der Waals surface area contributed by atoms with Gasteiger partial charge in [-0.25, -0.2) is 4.98 Å². The molecule has 0 N–H and O–H groups in total. The minimum atomic E-state index is -0.0434. The van der Waals surface area contributed by atoms with E-state index in [0.29, 0.717) is 36.6 Å². The Morgan fingerprint density at radius 2 is 1.90 bits per heavy atom. The van der Waals surface area contributed by atoms with Crippen LogP contribution < -0.4 is 0 Å². The molecule has 1 aliphatic rings. The summed E-state index contributed by atoms with van der Waals surface area (Å²) in [5.74, 6) is 0.120. The van der Waals surface area contributed by atoms with E-state index < -0.39 is 0 Å². The number of likely N-dealkylation sites (tertiary alicyclic amines) is 1. The van der Waals surface area contributed by atoms with E-state index in [9.17, 15) is 9.59 Å². The van der Waals surface area contributed by atoms with Crippen molar-refractivity contribution in [2.24, 2.45) is 5.92 Å². The molecule has 1 saturated heterocycles. The third kappa shape index (κ3) is 3.73. The molecule has 0 saturated carbocycles. The van der Waals surface area contributed by atoms with Crippen molar-refractivity contribution in [1.82, 2.24) is 14.8 Å². The molecular weight excluding hydrogens is 290 g/mol. The Morgan fingerprint density at radius 3 is 2.43 bits per heavy atom. The van der Waals surface area contributed by atoms with Crippen LogP contribution in [0.3, 0.4) is 0 Å². The summed E-state index contributed by atoms with van der Waals surface area (Å²) >= 11 is 5.90. The fourth-order valence-electron chi connectivity index (χ4n) is 2.63. The summed E-state index contributed by atoms with van der Waals surface area (Å²) in [6, 6.07) is 3.33. The molecule has 0 unspecified atom stereocenters. The molecule has 0 spiro atoms. The molecule has 0 aliphatic carbocycles. The molecule has 0 radical (unpaired) electrons. The summed E-state index contributed by atoms with van der Waals surface area (Å²) in [6.07, 6.45) is 1.42. The van der Waals surface area contributed by atoms with Gasteiger partial charge in [0, 0.05) is 44.4 Å². The predicted octanol–water partition coefficient (Wildman–Crippen LogP) is 1.98. The van der Waals surface area contributed by atoms with Gasteiger partial charge in [0.05, 0.1) is 0 Å². The van der Waals surface area contributed by atoms with Crippen molar-refractivity contribution in [2.75, 3.05) is 27.2 Å². The second kappa shape index (κ2) is 6.43. The summed E-state index contributed by atoms with van der Waals surface area (Å²) in [7, 11) is 3.53. The Bertz CT molecular complexity index is 532. The second-order valence-electron chi connectivity index (χ2n) is 5.62. The van der Waals surface area contributed by atoms with E-state index in [1.807, 2.05) is 6.92 Å². The van der Waals surface area contributed by atoms with E-state index in [1.165, 1.54) is 0 Å². The first-order valence-corrected chi connectivity index (χ1v) is 7.41. The Hall–Kier alpha value is -1.62. The molecule has 2 rings (SSSR count). The first-order chi connectivity index (χ1) is 9.88. The lowest BCUT2D eigenvalue weighted by Crippen LogP contribution is -2.42. The fourth-order valence-corrected chi connectivity index (χ4v) is 2.88. The van der Waals surface area contributed by atoms with Crippen molar-refractivity contribution >= 4 is 23.4 Å². The largest absolute Gasteiger partial charge is 0.349 e. The normalized spacial score (nSPS) is 15.9. The molecule has 2 amide bonds. The monoisotopic (exact) mass is 309 g/mol. The van der Waals surface area contributed by atoms with Gasteiger partial charge in [0.15, 0.2) is 0 Å². The summed E-state index contributed by atoms with van der Waals surface area (Å²) in [6.45, 7) is 3.01. The highest BCUT2D eigenvalue weighted by Gasteiger charge is 2.28. The minimum absolute atomic E-state index is 0.0202. The highest BCUT2D eigenvalue weighted by Crippen LogP contribution is 2.21. The van der Waals surface area contributed by atoms with Crippen LogP contribution in [0.2, 0.25) is 5.15 Å². The van der Waals surface area contributed by atoms with Crippen LogP contribution in [0.15, 0.2) is 12.1 Å². The molecule has 6 heteroatoms. The lowest BCUT2D eigenvalue weighted by molar-refractivity contribution is -0.134. The third-order valence-electron chi connectivity index (χ3n) is 3.74. The van der Waals surface area contributed by atoms with Crippen LogP contribution in [-0.4, -0.2) is 53.8 Å². The molecule has 0 bridgehead atoms. The standard InChI is InChI=1S/C15H20ClN3O2/c1-10-8-12(9-13(16)17-10)15(21)19-6-4-11(5-7-19)14(20)18(2)3/h8-9,11H,4-7H2,1-3H3. The molecule has 0 aromatic carbocycles. The van der Waals surface area contributed by atoms with Crippen LogP contribution in [0, 0.1) is 12.8 Å². The summed E-state index contributed by atoms with van der Waals surface area (Å²) in [5.41, 5.74) is 1.29. The number of aryl methyl sites for hydroxylation is 1. The zero-order chi connectivity index (χ0) is 15.6. The Balaban J connectivity index is 2.02. The Labute approximate surface area is 129 Å². The number of piperidine rings is 1. The molecule has 2 heterocycles. The van der Waals surface area contributed by atoms with Crippen molar-refractivity contribution < 1.29 is 9.59 Å². The van der Waals surface area contributed by atoms with Gasteiger partial charge in [0.25, 0.3) is 5.91 Å².